The molecule has 0 bridgehead atoms. The second kappa shape index (κ2) is 7.07. The van der Waals surface area contributed by atoms with Gasteiger partial charge >= 0.3 is 0 Å². The summed E-state index contributed by atoms with van der Waals surface area (Å²) in [6.45, 7) is 0. The number of carbonyl (C=O) groups is 1. The van der Waals surface area contributed by atoms with E-state index in [1.165, 1.54) is 24.3 Å². The van der Waals surface area contributed by atoms with Crippen molar-refractivity contribution >= 4 is 16.7 Å². The molecule has 1 aromatic rings. The van der Waals surface area contributed by atoms with Crippen molar-refractivity contribution in [1.29, 1.82) is 0 Å². The second-order valence-corrected chi connectivity index (χ2v) is 6.35. The Bertz CT molecular complexity index is 358. The Kier molecular flexibility index (Phi) is 6.06. The van der Waals surface area contributed by atoms with Crippen molar-refractivity contribution in [3.8, 4) is 5.75 Å². The standard InChI is InChI=1S/C13H17O2S.BrH/c1-15-12-6-4-11(5-7-12)13(14)10-16-8-2-3-9-16;/h4-7H,2-3,8-10H2,1H3;1H/q+1;/p-1. The van der Waals surface area contributed by atoms with Gasteiger partial charge in [-0.15, -0.1) is 0 Å². The summed E-state index contributed by atoms with van der Waals surface area (Å²) in [5.74, 6) is 4.34. The number of hydrogen-bond donors (Lipinski definition) is 0. The molecule has 1 aromatic carbocycles. The fourth-order valence-electron chi connectivity index (χ4n) is 1.90. The van der Waals surface area contributed by atoms with Crippen LogP contribution in [-0.4, -0.2) is 30.2 Å². The van der Waals surface area contributed by atoms with E-state index in [1.807, 2.05) is 24.3 Å². The van der Waals surface area contributed by atoms with Crippen LogP contribution in [0.15, 0.2) is 24.3 Å². The topological polar surface area (TPSA) is 26.3 Å². The third-order valence-electron chi connectivity index (χ3n) is 2.86. The third-order valence-corrected chi connectivity index (χ3v) is 5.27. The van der Waals surface area contributed by atoms with Gasteiger partial charge in [0.2, 0.25) is 5.78 Å². The summed E-state index contributed by atoms with van der Waals surface area (Å²) >= 11 is 0. The molecule has 0 saturated carbocycles. The molecule has 0 aromatic heterocycles. The molecule has 17 heavy (non-hydrogen) atoms. The number of benzene rings is 1. The lowest BCUT2D eigenvalue weighted by molar-refractivity contribution is -0.0000115. The number of rotatable bonds is 4. The Morgan fingerprint density at radius 2 is 1.82 bits per heavy atom. The van der Waals surface area contributed by atoms with Crippen LogP contribution in [0.3, 0.4) is 0 Å². The van der Waals surface area contributed by atoms with Crippen molar-refractivity contribution in [2.75, 3.05) is 24.4 Å². The van der Waals surface area contributed by atoms with Crippen molar-refractivity contribution in [2.45, 2.75) is 12.8 Å². The van der Waals surface area contributed by atoms with Crippen LogP contribution < -0.4 is 21.7 Å². The maximum atomic E-state index is 12.0. The van der Waals surface area contributed by atoms with E-state index < -0.39 is 0 Å². The zero-order chi connectivity index (χ0) is 11.4. The number of carbonyl (C=O) groups excluding carboxylic acids is 1. The SMILES string of the molecule is COc1ccc(C(=O)C[S+]2CCCC2)cc1.[Br-]. The van der Waals surface area contributed by atoms with Crippen LogP contribution in [0, 0.1) is 0 Å². The Morgan fingerprint density at radius 1 is 1.24 bits per heavy atom. The molecule has 4 heteroatoms. The Labute approximate surface area is 116 Å². The minimum Gasteiger partial charge on any atom is -1.00 e. The van der Waals surface area contributed by atoms with Gasteiger partial charge in [0.1, 0.15) is 17.3 Å². The van der Waals surface area contributed by atoms with Gasteiger partial charge in [0.15, 0.2) is 5.75 Å². The van der Waals surface area contributed by atoms with Gasteiger partial charge in [-0.3, -0.25) is 4.79 Å². The predicted octanol–water partition coefficient (Wildman–Crippen LogP) is -0.706. The lowest BCUT2D eigenvalue weighted by atomic mass is 10.1. The van der Waals surface area contributed by atoms with Crippen molar-refractivity contribution in [3.05, 3.63) is 29.8 Å². The monoisotopic (exact) mass is 316 g/mol. The molecule has 1 fully saturated rings. The van der Waals surface area contributed by atoms with Crippen LogP contribution in [0.4, 0.5) is 0 Å². The number of hydrogen-bond acceptors (Lipinski definition) is 2. The lowest BCUT2D eigenvalue weighted by Crippen LogP contribution is -3.00. The summed E-state index contributed by atoms with van der Waals surface area (Å²) < 4.78 is 5.07. The number of methoxy groups -OCH3 is 1. The maximum Gasteiger partial charge on any atom is 0.211 e. The largest absolute Gasteiger partial charge is 1.00 e. The van der Waals surface area contributed by atoms with Crippen molar-refractivity contribution in [3.63, 3.8) is 0 Å². The van der Waals surface area contributed by atoms with Gasteiger partial charge in [-0.25, -0.2) is 0 Å². The van der Waals surface area contributed by atoms with E-state index in [-0.39, 0.29) is 22.8 Å². The fraction of sp³-hybridized carbons (Fsp3) is 0.462. The molecule has 2 nitrogen and oxygen atoms in total. The highest BCUT2D eigenvalue weighted by Crippen LogP contribution is 2.17. The van der Waals surface area contributed by atoms with Crippen LogP contribution in [-0.2, 0) is 10.9 Å². The highest BCUT2D eigenvalue weighted by Gasteiger charge is 2.27. The average molecular weight is 317 g/mol. The van der Waals surface area contributed by atoms with Gasteiger partial charge in [0.25, 0.3) is 0 Å². The molecule has 0 radical (unpaired) electrons. The molecule has 94 valence electrons. The number of halogens is 1. The quantitative estimate of drug-likeness (QED) is 0.542. The molecule has 0 atom stereocenters. The molecule has 0 aliphatic carbocycles. The highest BCUT2D eigenvalue weighted by atomic mass is 79.9. The number of ketones is 1. The first kappa shape index (κ1) is 14.6. The van der Waals surface area contributed by atoms with Gasteiger partial charge in [-0.2, -0.15) is 0 Å². The second-order valence-electron chi connectivity index (χ2n) is 4.02. The van der Waals surface area contributed by atoms with Gasteiger partial charge in [0.05, 0.1) is 7.11 Å². The molecular weight excluding hydrogens is 300 g/mol. The van der Waals surface area contributed by atoms with E-state index in [4.69, 9.17) is 4.74 Å². The van der Waals surface area contributed by atoms with E-state index >= 15 is 0 Å². The number of ether oxygens (including phenoxy) is 1. The molecule has 2 rings (SSSR count). The van der Waals surface area contributed by atoms with Crippen LogP contribution in [0.25, 0.3) is 0 Å². The Hall–Kier alpha value is -0.480. The molecular formula is C13H17BrO2S. The third kappa shape index (κ3) is 4.03. The van der Waals surface area contributed by atoms with E-state index in [1.54, 1.807) is 7.11 Å². The van der Waals surface area contributed by atoms with Crippen LogP contribution >= 0.6 is 0 Å². The zero-order valence-electron chi connectivity index (χ0n) is 9.95. The minimum atomic E-state index is 0. The van der Waals surface area contributed by atoms with Crippen LogP contribution in [0.5, 0.6) is 5.75 Å². The normalized spacial score (nSPS) is 15.4. The van der Waals surface area contributed by atoms with E-state index in [0.717, 1.165) is 17.1 Å². The average Bonchev–Trinajstić information content (AvgIpc) is 2.82. The first-order chi connectivity index (χ1) is 7.79. The molecule has 0 amide bonds. The van der Waals surface area contributed by atoms with Gasteiger partial charge in [0, 0.05) is 5.56 Å². The van der Waals surface area contributed by atoms with E-state index in [9.17, 15) is 4.79 Å². The van der Waals surface area contributed by atoms with Crippen LogP contribution in [0.1, 0.15) is 23.2 Å². The molecule has 1 heterocycles. The summed E-state index contributed by atoms with van der Waals surface area (Å²) in [7, 11) is 1.99. The zero-order valence-corrected chi connectivity index (χ0v) is 12.4. The smallest absolute Gasteiger partial charge is 0.211 e. The summed E-state index contributed by atoms with van der Waals surface area (Å²) in [6, 6.07) is 7.43. The molecule has 1 aliphatic heterocycles. The van der Waals surface area contributed by atoms with Crippen molar-refractivity contribution < 1.29 is 26.5 Å². The van der Waals surface area contributed by atoms with Crippen molar-refractivity contribution in [2.24, 2.45) is 0 Å². The maximum absolute atomic E-state index is 12.0. The minimum absolute atomic E-state index is 0. The van der Waals surface area contributed by atoms with E-state index in [0.29, 0.717) is 10.9 Å². The molecule has 0 unspecified atom stereocenters. The summed E-state index contributed by atoms with van der Waals surface area (Å²) in [6.07, 6.45) is 2.61. The molecule has 0 N–H and O–H groups in total. The van der Waals surface area contributed by atoms with Gasteiger partial charge < -0.3 is 21.7 Å². The Balaban J connectivity index is 0.00000144. The molecule has 1 saturated heterocycles. The van der Waals surface area contributed by atoms with E-state index in [2.05, 4.69) is 0 Å². The lowest BCUT2D eigenvalue weighted by Gasteiger charge is -2.02. The van der Waals surface area contributed by atoms with Gasteiger partial charge in [-0.1, -0.05) is 0 Å². The first-order valence-corrected chi connectivity index (χ1v) is 7.34. The first-order valence-electron chi connectivity index (χ1n) is 5.61. The molecule has 1 aliphatic rings. The summed E-state index contributed by atoms with van der Waals surface area (Å²) in [4.78, 5) is 12.0. The summed E-state index contributed by atoms with van der Waals surface area (Å²) in [5.41, 5.74) is 0.820. The van der Waals surface area contributed by atoms with Gasteiger partial charge in [-0.05, 0) is 48.0 Å². The van der Waals surface area contributed by atoms with Crippen LogP contribution in [0.2, 0.25) is 0 Å². The molecule has 0 spiro atoms. The highest BCUT2D eigenvalue weighted by molar-refractivity contribution is 7.97. The van der Waals surface area contributed by atoms with Crippen molar-refractivity contribution in [1.82, 2.24) is 0 Å². The summed E-state index contributed by atoms with van der Waals surface area (Å²) in [5, 5.41) is 0. The predicted molar refractivity (Wildman–Crippen MR) is 68.5 cm³/mol. The Morgan fingerprint density at radius 3 is 2.35 bits per heavy atom. The number of Topliss-reactive ketones (excluding diaryl/α,β-unsaturated/α-hetero) is 1. The fourth-order valence-corrected chi connectivity index (χ4v) is 4.16.